The second-order valence-corrected chi connectivity index (χ2v) is 5.61. The SMILES string of the molecule is CC(C)(C)c1nc(NC(=O)CCl)sc1[N+](=O)[O-]. The van der Waals surface area contributed by atoms with E-state index in [-0.39, 0.29) is 16.0 Å². The maximum absolute atomic E-state index is 11.1. The number of hydrogen-bond acceptors (Lipinski definition) is 5. The maximum Gasteiger partial charge on any atom is 0.349 e. The van der Waals surface area contributed by atoms with E-state index in [9.17, 15) is 14.9 Å². The van der Waals surface area contributed by atoms with E-state index in [4.69, 9.17) is 11.6 Å². The van der Waals surface area contributed by atoms with Crippen molar-refractivity contribution in [3.05, 3.63) is 15.8 Å². The first kappa shape index (κ1) is 13.9. The van der Waals surface area contributed by atoms with Crippen LogP contribution >= 0.6 is 22.9 Å². The molecule has 0 saturated carbocycles. The third-order valence-corrected chi connectivity index (χ3v) is 3.02. The van der Waals surface area contributed by atoms with Crippen LogP contribution in [0.3, 0.4) is 0 Å². The summed E-state index contributed by atoms with van der Waals surface area (Å²) in [7, 11) is 0. The van der Waals surface area contributed by atoms with Gasteiger partial charge in [-0.1, -0.05) is 20.8 Å². The number of thiazole rings is 1. The summed E-state index contributed by atoms with van der Waals surface area (Å²) < 4.78 is 0. The number of rotatable bonds is 3. The Morgan fingerprint density at radius 1 is 1.59 bits per heavy atom. The van der Waals surface area contributed by atoms with Gasteiger partial charge in [-0.15, -0.1) is 11.6 Å². The molecule has 17 heavy (non-hydrogen) atoms. The van der Waals surface area contributed by atoms with E-state index >= 15 is 0 Å². The van der Waals surface area contributed by atoms with Crippen molar-refractivity contribution in [3.63, 3.8) is 0 Å². The summed E-state index contributed by atoms with van der Waals surface area (Å²) in [6, 6.07) is 0. The maximum atomic E-state index is 11.1. The van der Waals surface area contributed by atoms with Gasteiger partial charge in [-0.3, -0.25) is 14.9 Å². The summed E-state index contributed by atoms with van der Waals surface area (Å²) in [4.78, 5) is 25.5. The van der Waals surface area contributed by atoms with Crippen LogP contribution in [0.5, 0.6) is 0 Å². The lowest BCUT2D eigenvalue weighted by molar-refractivity contribution is -0.381. The number of halogens is 1. The normalized spacial score (nSPS) is 11.3. The summed E-state index contributed by atoms with van der Waals surface area (Å²) >= 11 is 6.17. The third-order valence-electron chi connectivity index (χ3n) is 1.85. The highest BCUT2D eigenvalue weighted by Crippen LogP contribution is 2.37. The van der Waals surface area contributed by atoms with Gasteiger partial charge in [0.2, 0.25) is 5.91 Å². The van der Waals surface area contributed by atoms with Crippen molar-refractivity contribution in [2.45, 2.75) is 26.2 Å². The zero-order valence-electron chi connectivity index (χ0n) is 9.61. The predicted molar refractivity (Wildman–Crippen MR) is 66.8 cm³/mol. The molecule has 0 aliphatic heterocycles. The predicted octanol–water partition coefficient (Wildman–Crippen LogP) is 2.53. The summed E-state index contributed by atoms with van der Waals surface area (Å²) in [5.74, 6) is -0.645. The van der Waals surface area contributed by atoms with Crippen LogP contribution in [0.1, 0.15) is 26.5 Å². The molecule has 6 nitrogen and oxygen atoms in total. The van der Waals surface area contributed by atoms with Crippen LogP contribution in [0.15, 0.2) is 0 Å². The summed E-state index contributed by atoms with van der Waals surface area (Å²) in [6.07, 6.45) is 0. The summed E-state index contributed by atoms with van der Waals surface area (Å²) in [6.45, 7) is 5.46. The van der Waals surface area contributed by atoms with Crippen molar-refractivity contribution in [1.29, 1.82) is 0 Å². The zero-order chi connectivity index (χ0) is 13.2. The van der Waals surface area contributed by atoms with Crippen LogP contribution in [-0.4, -0.2) is 21.7 Å². The van der Waals surface area contributed by atoms with Crippen LogP contribution in [0.25, 0.3) is 0 Å². The molecule has 0 aliphatic rings. The fourth-order valence-electron chi connectivity index (χ4n) is 1.13. The number of alkyl halides is 1. The number of nitrogens with zero attached hydrogens (tertiary/aromatic N) is 2. The van der Waals surface area contributed by atoms with Gasteiger partial charge in [-0.05, 0) is 11.3 Å². The van der Waals surface area contributed by atoms with E-state index in [2.05, 4.69) is 10.3 Å². The fraction of sp³-hybridized carbons (Fsp3) is 0.556. The second-order valence-electron chi connectivity index (χ2n) is 4.36. The van der Waals surface area contributed by atoms with Crippen LogP contribution in [0.4, 0.5) is 10.1 Å². The van der Waals surface area contributed by atoms with Gasteiger partial charge in [0.25, 0.3) is 0 Å². The van der Waals surface area contributed by atoms with Gasteiger partial charge in [-0.25, -0.2) is 4.98 Å². The second kappa shape index (κ2) is 4.97. The van der Waals surface area contributed by atoms with E-state index in [0.717, 1.165) is 11.3 Å². The molecular weight excluding hydrogens is 266 g/mol. The smallest absolute Gasteiger partial charge is 0.301 e. The number of carbonyl (C=O) groups is 1. The minimum atomic E-state index is -0.491. The lowest BCUT2D eigenvalue weighted by atomic mass is 9.93. The van der Waals surface area contributed by atoms with Gasteiger partial charge in [0.1, 0.15) is 11.6 Å². The van der Waals surface area contributed by atoms with Gasteiger partial charge in [0, 0.05) is 5.41 Å². The van der Waals surface area contributed by atoms with Gasteiger partial charge >= 0.3 is 5.00 Å². The molecule has 0 atom stereocenters. The molecule has 8 heteroatoms. The molecule has 1 amide bonds. The first-order chi connectivity index (χ1) is 7.75. The Morgan fingerprint density at radius 3 is 2.53 bits per heavy atom. The molecule has 1 rings (SSSR count). The topological polar surface area (TPSA) is 85.1 Å². The zero-order valence-corrected chi connectivity index (χ0v) is 11.2. The Morgan fingerprint density at radius 2 is 2.18 bits per heavy atom. The molecule has 0 unspecified atom stereocenters. The lowest BCUT2D eigenvalue weighted by Gasteiger charge is -2.13. The van der Waals surface area contributed by atoms with Crippen molar-refractivity contribution in [3.8, 4) is 0 Å². The molecule has 0 fully saturated rings. The van der Waals surface area contributed by atoms with E-state index < -0.39 is 16.2 Å². The minimum absolute atomic E-state index is 0.0534. The van der Waals surface area contributed by atoms with Gasteiger partial charge < -0.3 is 5.32 Å². The Bertz CT molecular complexity index is 453. The molecule has 0 radical (unpaired) electrons. The average molecular weight is 278 g/mol. The molecule has 0 saturated heterocycles. The van der Waals surface area contributed by atoms with Crippen LogP contribution < -0.4 is 5.32 Å². The Hall–Kier alpha value is -1.21. The highest BCUT2D eigenvalue weighted by atomic mass is 35.5. The van der Waals surface area contributed by atoms with E-state index in [1.807, 2.05) is 20.8 Å². The molecule has 0 spiro atoms. The lowest BCUT2D eigenvalue weighted by Crippen LogP contribution is -2.15. The fourth-order valence-corrected chi connectivity index (χ4v) is 2.21. The van der Waals surface area contributed by atoms with Gasteiger partial charge in [-0.2, -0.15) is 0 Å². The number of carbonyl (C=O) groups excluding carboxylic acids is 1. The molecule has 1 heterocycles. The molecule has 0 aliphatic carbocycles. The van der Waals surface area contributed by atoms with Crippen LogP contribution in [0.2, 0.25) is 0 Å². The Balaban J connectivity index is 3.13. The quantitative estimate of drug-likeness (QED) is 0.523. The van der Waals surface area contributed by atoms with Crippen molar-refractivity contribution in [1.82, 2.24) is 4.98 Å². The Kier molecular flexibility index (Phi) is 4.05. The van der Waals surface area contributed by atoms with Crippen LogP contribution in [-0.2, 0) is 10.2 Å². The molecule has 94 valence electrons. The van der Waals surface area contributed by atoms with E-state index in [1.165, 1.54) is 0 Å². The van der Waals surface area contributed by atoms with Crippen molar-refractivity contribution in [2.24, 2.45) is 0 Å². The monoisotopic (exact) mass is 277 g/mol. The average Bonchev–Trinajstić information content (AvgIpc) is 2.61. The van der Waals surface area contributed by atoms with Crippen molar-refractivity contribution >= 4 is 39.0 Å². The number of nitro groups is 1. The van der Waals surface area contributed by atoms with Crippen LogP contribution in [0, 0.1) is 10.1 Å². The molecule has 1 aromatic heterocycles. The largest absolute Gasteiger partial charge is 0.349 e. The van der Waals surface area contributed by atoms with Gasteiger partial charge in [0.15, 0.2) is 5.13 Å². The highest BCUT2D eigenvalue weighted by Gasteiger charge is 2.30. The number of aromatic nitrogens is 1. The molecule has 0 aromatic carbocycles. The first-order valence-corrected chi connectivity index (χ1v) is 6.12. The van der Waals surface area contributed by atoms with Gasteiger partial charge in [0.05, 0.1) is 4.92 Å². The Labute approximate surface area is 107 Å². The van der Waals surface area contributed by atoms with Crippen molar-refractivity contribution < 1.29 is 9.72 Å². The molecular formula is C9H12ClN3O3S. The minimum Gasteiger partial charge on any atom is -0.301 e. The first-order valence-electron chi connectivity index (χ1n) is 4.77. The summed E-state index contributed by atoms with van der Waals surface area (Å²) in [5, 5.41) is 13.4. The summed E-state index contributed by atoms with van der Waals surface area (Å²) in [5.41, 5.74) is -0.0968. The standard InChI is InChI=1S/C9H12ClN3O3S/c1-9(2,3)6-7(13(15)16)17-8(12-6)11-5(14)4-10/h4H2,1-3H3,(H,11,12,14). The van der Waals surface area contributed by atoms with Crippen molar-refractivity contribution in [2.75, 3.05) is 11.2 Å². The highest BCUT2D eigenvalue weighted by molar-refractivity contribution is 7.19. The molecule has 1 aromatic rings. The number of hydrogen-bond donors (Lipinski definition) is 1. The third kappa shape index (κ3) is 3.37. The number of amides is 1. The number of nitrogens with one attached hydrogen (secondary N) is 1. The molecule has 0 bridgehead atoms. The van der Waals surface area contributed by atoms with E-state index in [0.29, 0.717) is 5.69 Å². The van der Waals surface area contributed by atoms with E-state index in [1.54, 1.807) is 0 Å². The molecule has 1 N–H and O–H groups in total. The number of anilines is 1.